The average molecular weight is 391 g/mol. The number of ether oxygens (including phenoxy) is 1. The molecule has 2 aliphatic rings. The minimum Gasteiger partial charge on any atom is -0.461 e. The molecule has 27 heavy (non-hydrogen) atoms. The van der Waals surface area contributed by atoms with Crippen LogP contribution in [0.2, 0.25) is 0 Å². The standard InChI is InChI=1S/C19H26N4O3S/c1-14-6-2-3-9-22(14)17(24)13-27-19-21-20-18(16-8-5-11-26-16)23(19)12-15-7-4-10-25-15/h5,8,11,14-15H,2-4,6-7,9-10,12-13H2,1H3/t14-,15+/m0/s1. The summed E-state index contributed by atoms with van der Waals surface area (Å²) in [4.78, 5) is 14.7. The van der Waals surface area contributed by atoms with Gasteiger partial charge in [-0.15, -0.1) is 10.2 Å². The zero-order valence-electron chi connectivity index (χ0n) is 15.7. The van der Waals surface area contributed by atoms with Gasteiger partial charge >= 0.3 is 0 Å². The molecule has 7 nitrogen and oxygen atoms in total. The first-order valence-electron chi connectivity index (χ1n) is 9.73. The second-order valence-corrected chi connectivity index (χ2v) is 8.19. The molecule has 8 heteroatoms. The lowest BCUT2D eigenvalue weighted by Crippen LogP contribution is -2.43. The molecule has 4 rings (SSSR count). The number of rotatable bonds is 6. The number of aromatic nitrogens is 3. The van der Waals surface area contributed by atoms with Crippen molar-refractivity contribution >= 4 is 17.7 Å². The molecule has 0 unspecified atom stereocenters. The normalized spacial score (nSPS) is 23.1. The highest BCUT2D eigenvalue weighted by Gasteiger charge is 2.26. The van der Waals surface area contributed by atoms with Crippen molar-refractivity contribution in [2.75, 3.05) is 18.9 Å². The van der Waals surface area contributed by atoms with Crippen molar-refractivity contribution in [3.8, 4) is 11.6 Å². The van der Waals surface area contributed by atoms with Gasteiger partial charge in [-0.1, -0.05) is 11.8 Å². The Hall–Kier alpha value is -1.80. The molecule has 2 saturated heterocycles. The Balaban J connectivity index is 1.48. The first-order valence-corrected chi connectivity index (χ1v) is 10.7. The van der Waals surface area contributed by atoms with E-state index in [0.717, 1.165) is 44.0 Å². The van der Waals surface area contributed by atoms with E-state index in [1.54, 1.807) is 6.26 Å². The number of furan rings is 1. The third-order valence-electron chi connectivity index (χ3n) is 5.32. The van der Waals surface area contributed by atoms with Gasteiger partial charge in [-0.3, -0.25) is 9.36 Å². The molecule has 2 aromatic heterocycles. The van der Waals surface area contributed by atoms with Crippen molar-refractivity contribution in [2.24, 2.45) is 0 Å². The highest BCUT2D eigenvalue weighted by Crippen LogP contribution is 2.27. The number of likely N-dealkylation sites (tertiary alicyclic amines) is 1. The molecule has 0 saturated carbocycles. The molecule has 1 amide bonds. The van der Waals surface area contributed by atoms with Crippen molar-refractivity contribution in [3.05, 3.63) is 18.4 Å². The molecule has 146 valence electrons. The van der Waals surface area contributed by atoms with Crippen LogP contribution in [0.5, 0.6) is 0 Å². The van der Waals surface area contributed by atoms with E-state index in [2.05, 4.69) is 17.1 Å². The Labute approximate surface area is 163 Å². The van der Waals surface area contributed by atoms with Crippen molar-refractivity contribution in [1.29, 1.82) is 0 Å². The topological polar surface area (TPSA) is 73.4 Å². The second-order valence-electron chi connectivity index (χ2n) is 7.25. The Morgan fingerprint density at radius 1 is 1.30 bits per heavy atom. The van der Waals surface area contributed by atoms with Gasteiger partial charge in [0.25, 0.3) is 0 Å². The molecule has 0 aromatic carbocycles. The quantitative estimate of drug-likeness (QED) is 0.705. The number of nitrogens with zero attached hydrogens (tertiary/aromatic N) is 4. The largest absolute Gasteiger partial charge is 0.461 e. The van der Waals surface area contributed by atoms with Gasteiger partial charge in [0.15, 0.2) is 10.9 Å². The van der Waals surface area contributed by atoms with E-state index >= 15 is 0 Å². The van der Waals surface area contributed by atoms with Crippen molar-refractivity contribution in [2.45, 2.75) is 62.9 Å². The number of hydrogen-bond donors (Lipinski definition) is 0. The van der Waals surface area contributed by atoms with Gasteiger partial charge < -0.3 is 14.1 Å². The summed E-state index contributed by atoms with van der Waals surface area (Å²) in [6.07, 6.45) is 7.30. The van der Waals surface area contributed by atoms with Crippen molar-refractivity contribution in [3.63, 3.8) is 0 Å². The summed E-state index contributed by atoms with van der Waals surface area (Å²) in [5.41, 5.74) is 0. The first-order chi connectivity index (χ1) is 13.2. The molecule has 0 N–H and O–H groups in total. The summed E-state index contributed by atoms with van der Waals surface area (Å²) in [6.45, 7) is 4.48. The second kappa shape index (κ2) is 8.48. The molecule has 2 atom stereocenters. The fraction of sp³-hybridized carbons (Fsp3) is 0.632. The molecule has 0 bridgehead atoms. The lowest BCUT2D eigenvalue weighted by Gasteiger charge is -2.33. The van der Waals surface area contributed by atoms with Gasteiger partial charge in [0, 0.05) is 19.2 Å². The van der Waals surface area contributed by atoms with Gasteiger partial charge in [0.1, 0.15) is 0 Å². The highest BCUT2D eigenvalue weighted by molar-refractivity contribution is 7.99. The van der Waals surface area contributed by atoms with Crippen LogP contribution in [-0.4, -0.2) is 56.6 Å². The van der Waals surface area contributed by atoms with Crippen LogP contribution in [0.15, 0.2) is 28.0 Å². The summed E-state index contributed by atoms with van der Waals surface area (Å²) in [7, 11) is 0. The number of carbonyl (C=O) groups is 1. The van der Waals surface area contributed by atoms with E-state index in [0.29, 0.717) is 29.9 Å². The average Bonchev–Trinajstić information content (AvgIpc) is 3.43. The molecule has 2 fully saturated rings. The third-order valence-corrected chi connectivity index (χ3v) is 6.27. The molecule has 2 aromatic rings. The van der Waals surface area contributed by atoms with Gasteiger partial charge in [0.2, 0.25) is 11.7 Å². The van der Waals surface area contributed by atoms with Crippen LogP contribution >= 0.6 is 11.8 Å². The van der Waals surface area contributed by atoms with Crippen LogP contribution in [-0.2, 0) is 16.1 Å². The lowest BCUT2D eigenvalue weighted by molar-refractivity contribution is -0.131. The van der Waals surface area contributed by atoms with Gasteiger partial charge in [0.05, 0.1) is 24.7 Å². The predicted molar refractivity (Wildman–Crippen MR) is 102 cm³/mol. The lowest BCUT2D eigenvalue weighted by atomic mass is 10.0. The summed E-state index contributed by atoms with van der Waals surface area (Å²) in [5.74, 6) is 1.94. The zero-order valence-corrected chi connectivity index (χ0v) is 16.5. The van der Waals surface area contributed by atoms with Gasteiger partial charge in [-0.2, -0.15) is 0 Å². The molecular formula is C19H26N4O3S. The molecule has 0 radical (unpaired) electrons. The van der Waals surface area contributed by atoms with Crippen LogP contribution in [0.3, 0.4) is 0 Å². The maximum Gasteiger partial charge on any atom is 0.233 e. The Kier molecular flexibility index (Phi) is 5.83. The smallest absolute Gasteiger partial charge is 0.233 e. The van der Waals surface area contributed by atoms with Crippen molar-refractivity contribution in [1.82, 2.24) is 19.7 Å². The maximum atomic E-state index is 12.7. The monoisotopic (exact) mass is 390 g/mol. The SMILES string of the molecule is C[C@H]1CCCCN1C(=O)CSc1nnc(-c2ccco2)n1C[C@H]1CCCO1. The van der Waals surface area contributed by atoms with Gasteiger partial charge in [-0.05, 0) is 51.2 Å². The van der Waals surface area contributed by atoms with Crippen LogP contribution in [0.25, 0.3) is 11.6 Å². The minimum absolute atomic E-state index is 0.159. The number of thioether (sulfide) groups is 1. The summed E-state index contributed by atoms with van der Waals surface area (Å²) in [5, 5.41) is 9.41. The Bertz CT molecular complexity index is 755. The number of amides is 1. The van der Waals surface area contributed by atoms with E-state index in [9.17, 15) is 4.79 Å². The van der Waals surface area contributed by atoms with Crippen LogP contribution < -0.4 is 0 Å². The molecule has 2 aliphatic heterocycles. The van der Waals surface area contributed by atoms with Gasteiger partial charge in [-0.25, -0.2) is 0 Å². The minimum atomic E-state index is 0.159. The Morgan fingerprint density at radius 3 is 2.96 bits per heavy atom. The Morgan fingerprint density at radius 2 is 2.22 bits per heavy atom. The zero-order chi connectivity index (χ0) is 18.6. The first kappa shape index (κ1) is 18.6. The van der Waals surface area contributed by atoms with Crippen LogP contribution in [0.1, 0.15) is 39.0 Å². The molecular weight excluding hydrogens is 364 g/mol. The third kappa shape index (κ3) is 4.21. The fourth-order valence-corrected chi connectivity index (χ4v) is 4.65. The summed E-state index contributed by atoms with van der Waals surface area (Å²) in [6, 6.07) is 4.05. The molecule has 0 aliphatic carbocycles. The van der Waals surface area contributed by atoms with Crippen molar-refractivity contribution < 1.29 is 13.9 Å². The summed E-state index contributed by atoms with van der Waals surface area (Å²) < 4.78 is 13.4. The summed E-state index contributed by atoms with van der Waals surface area (Å²) >= 11 is 1.45. The van der Waals surface area contributed by atoms with E-state index in [1.807, 2.05) is 21.6 Å². The maximum absolute atomic E-state index is 12.7. The van der Waals surface area contributed by atoms with E-state index in [1.165, 1.54) is 18.2 Å². The highest BCUT2D eigenvalue weighted by atomic mass is 32.2. The molecule has 4 heterocycles. The van der Waals surface area contributed by atoms with E-state index in [-0.39, 0.29) is 12.0 Å². The van der Waals surface area contributed by atoms with Crippen LogP contribution in [0, 0.1) is 0 Å². The van der Waals surface area contributed by atoms with Crippen LogP contribution in [0.4, 0.5) is 0 Å². The van der Waals surface area contributed by atoms with E-state index in [4.69, 9.17) is 9.15 Å². The predicted octanol–water partition coefficient (Wildman–Crippen LogP) is 3.21. The molecule has 0 spiro atoms. The number of piperidine rings is 1. The number of carbonyl (C=O) groups excluding carboxylic acids is 1. The fourth-order valence-electron chi connectivity index (χ4n) is 3.82. The van der Waals surface area contributed by atoms with E-state index < -0.39 is 0 Å². The number of hydrogen-bond acceptors (Lipinski definition) is 6.